The van der Waals surface area contributed by atoms with Crippen molar-refractivity contribution in [3.05, 3.63) is 68.2 Å². The number of nitriles is 1. The van der Waals surface area contributed by atoms with Crippen LogP contribution in [0.4, 0.5) is 11.4 Å². The number of anilines is 1. The number of hydrogen-bond donors (Lipinski definition) is 1. The van der Waals surface area contributed by atoms with Crippen LogP contribution < -0.4 is 5.32 Å². The van der Waals surface area contributed by atoms with Crippen molar-refractivity contribution in [3.8, 4) is 6.07 Å². The molecule has 0 fully saturated rings. The predicted molar refractivity (Wildman–Crippen MR) is 79.3 cm³/mol. The molecule has 2 aromatic carbocycles. The Kier molecular flexibility index (Phi) is 4.33. The molecular formula is C14H10BrN3O2. The highest BCUT2D eigenvalue weighted by atomic mass is 79.9. The molecule has 2 aromatic rings. The number of para-hydroxylation sites is 1. The maximum absolute atomic E-state index is 10.9. The third-order valence-corrected chi connectivity index (χ3v) is 3.16. The van der Waals surface area contributed by atoms with Crippen LogP contribution in [0.15, 0.2) is 46.9 Å². The molecule has 0 heterocycles. The second kappa shape index (κ2) is 6.17. The average molecular weight is 332 g/mol. The Labute approximate surface area is 124 Å². The maximum Gasteiger partial charge on any atom is 0.274 e. The fourth-order valence-electron chi connectivity index (χ4n) is 1.79. The highest BCUT2D eigenvalue weighted by Crippen LogP contribution is 2.22. The molecule has 0 saturated heterocycles. The molecule has 0 bridgehead atoms. The second-order valence-corrected chi connectivity index (χ2v) is 5.00. The van der Waals surface area contributed by atoms with Gasteiger partial charge in [-0.1, -0.05) is 34.1 Å². The molecule has 2 rings (SSSR count). The minimum atomic E-state index is -0.404. The standard InChI is InChI=1S/C14H10BrN3O2/c15-12-5-10(8-16)6-13(7-12)17-9-11-3-1-2-4-14(11)18(19)20/h1-7,17H,9H2. The van der Waals surface area contributed by atoms with Crippen LogP contribution in [0.3, 0.4) is 0 Å². The summed E-state index contributed by atoms with van der Waals surface area (Å²) in [7, 11) is 0. The second-order valence-electron chi connectivity index (χ2n) is 4.08. The number of rotatable bonds is 4. The van der Waals surface area contributed by atoms with Gasteiger partial charge in [0.25, 0.3) is 5.69 Å². The molecule has 20 heavy (non-hydrogen) atoms. The van der Waals surface area contributed by atoms with E-state index in [2.05, 4.69) is 27.3 Å². The van der Waals surface area contributed by atoms with Gasteiger partial charge in [-0.25, -0.2) is 0 Å². The molecule has 0 aliphatic carbocycles. The molecule has 0 atom stereocenters. The molecule has 0 aliphatic rings. The minimum absolute atomic E-state index is 0.0792. The molecule has 0 spiro atoms. The Bertz CT molecular complexity index is 695. The van der Waals surface area contributed by atoms with E-state index in [9.17, 15) is 10.1 Å². The first kappa shape index (κ1) is 14.0. The Morgan fingerprint density at radius 1 is 1.30 bits per heavy atom. The van der Waals surface area contributed by atoms with E-state index >= 15 is 0 Å². The van der Waals surface area contributed by atoms with Gasteiger partial charge in [-0.2, -0.15) is 5.26 Å². The molecule has 0 saturated carbocycles. The molecule has 1 N–H and O–H groups in total. The summed E-state index contributed by atoms with van der Waals surface area (Å²) >= 11 is 3.32. The quantitative estimate of drug-likeness (QED) is 0.681. The van der Waals surface area contributed by atoms with E-state index < -0.39 is 4.92 Å². The van der Waals surface area contributed by atoms with E-state index in [-0.39, 0.29) is 5.69 Å². The Balaban J connectivity index is 2.19. The molecule has 0 radical (unpaired) electrons. The van der Waals surface area contributed by atoms with Crippen LogP contribution in [-0.2, 0) is 6.54 Å². The summed E-state index contributed by atoms with van der Waals surface area (Å²) in [5.41, 5.74) is 1.92. The van der Waals surface area contributed by atoms with Crippen molar-refractivity contribution in [1.29, 1.82) is 5.26 Å². The largest absolute Gasteiger partial charge is 0.381 e. The van der Waals surface area contributed by atoms with Crippen LogP contribution in [0.5, 0.6) is 0 Å². The summed E-state index contributed by atoms with van der Waals surface area (Å²) in [6.07, 6.45) is 0. The van der Waals surface area contributed by atoms with E-state index in [1.54, 1.807) is 30.3 Å². The first-order valence-electron chi connectivity index (χ1n) is 5.77. The Hall–Kier alpha value is -2.39. The zero-order chi connectivity index (χ0) is 14.5. The Morgan fingerprint density at radius 2 is 2.05 bits per heavy atom. The van der Waals surface area contributed by atoms with Crippen molar-refractivity contribution in [2.75, 3.05) is 5.32 Å². The van der Waals surface area contributed by atoms with Gasteiger partial charge < -0.3 is 5.32 Å². The number of nitro groups is 1. The smallest absolute Gasteiger partial charge is 0.274 e. The number of nitrogens with zero attached hydrogens (tertiary/aromatic N) is 2. The van der Waals surface area contributed by atoms with Crippen molar-refractivity contribution >= 4 is 27.3 Å². The van der Waals surface area contributed by atoms with Gasteiger partial charge in [0.2, 0.25) is 0 Å². The van der Waals surface area contributed by atoms with Gasteiger partial charge in [0, 0.05) is 28.3 Å². The van der Waals surface area contributed by atoms with Gasteiger partial charge in [-0.05, 0) is 18.2 Å². The molecule has 5 nitrogen and oxygen atoms in total. The summed E-state index contributed by atoms with van der Waals surface area (Å²) in [6, 6.07) is 13.8. The van der Waals surface area contributed by atoms with Crippen molar-refractivity contribution < 1.29 is 4.92 Å². The highest BCUT2D eigenvalue weighted by molar-refractivity contribution is 9.10. The van der Waals surface area contributed by atoms with Crippen molar-refractivity contribution in [2.45, 2.75) is 6.54 Å². The SMILES string of the molecule is N#Cc1cc(Br)cc(NCc2ccccc2[N+](=O)[O-])c1. The average Bonchev–Trinajstić information content (AvgIpc) is 2.44. The summed E-state index contributed by atoms with van der Waals surface area (Å²) in [6.45, 7) is 0.318. The van der Waals surface area contributed by atoms with Gasteiger partial charge in [-0.15, -0.1) is 0 Å². The summed E-state index contributed by atoms with van der Waals surface area (Å²) in [4.78, 5) is 10.5. The highest BCUT2D eigenvalue weighted by Gasteiger charge is 2.11. The van der Waals surface area contributed by atoms with E-state index in [0.29, 0.717) is 17.7 Å². The molecule has 0 aliphatic heterocycles. The number of nitrogens with one attached hydrogen (secondary N) is 1. The van der Waals surface area contributed by atoms with E-state index in [4.69, 9.17) is 5.26 Å². The lowest BCUT2D eigenvalue weighted by Gasteiger charge is -2.08. The third kappa shape index (κ3) is 3.33. The maximum atomic E-state index is 10.9. The molecule has 0 amide bonds. The molecular weight excluding hydrogens is 322 g/mol. The van der Waals surface area contributed by atoms with Crippen LogP contribution >= 0.6 is 15.9 Å². The van der Waals surface area contributed by atoms with Crippen LogP contribution in [-0.4, -0.2) is 4.92 Å². The van der Waals surface area contributed by atoms with E-state index in [1.165, 1.54) is 6.07 Å². The monoisotopic (exact) mass is 331 g/mol. The minimum Gasteiger partial charge on any atom is -0.381 e. The zero-order valence-corrected chi connectivity index (χ0v) is 11.9. The predicted octanol–water partition coefficient (Wildman–Crippen LogP) is 3.84. The summed E-state index contributed by atoms with van der Waals surface area (Å²) in [5.74, 6) is 0. The fraction of sp³-hybridized carbons (Fsp3) is 0.0714. The number of halogens is 1. The number of benzene rings is 2. The van der Waals surface area contributed by atoms with Gasteiger partial charge in [-0.3, -0.25) is 10.1 Å². The van der Waals surface area contributed by atoms with Crippen LogP contribution in [0, 0.1) is 21.4 Å². The lowest BCUT2D eigenvalue weighted by Crippen LogP contribution is -2.03. The van der Waals surface area contributed by atoms with Crippen molar-refractivity contribution in [2.24, 2.45) is 0 Å². The first-order chi connectivity index (χ1) is 9.60. The molecule has 0 aromatic heterocycles. The van der Waals surface area contributed by atoms with Gasteiger partial charge >= 0.3 is 0 Å². The van der Waals surface area contributed by atoms with Gasteiger partial charge in [0.15, 0.2) is 0 Å². The van der Waals surface area contributed by atoms with Gasteiger partial charge in [0.1, 0.15) is 0 Å². The van der Waals surface area contributed by atoms with E-state index in [1.807, 2.05) is 6.07 Å². The first-order valence-corrected chi connectivity index (χ1v) is 6.56. The lowest BCUT2D eigenvalue weighted by atomic mass is 10.1. The van der Waals surface area contributed by atoms with Crippen LogP contribution in [0.1, 0.15) is 11.1 Å². The zero-order valence-electron chi connectivity index (χ0n) is 10.3. The summed E-state index contributed by atoms with van der Waals surface area (Å²) < 4.78 is 0.779. The van der Waals surface area contributed by atoms with Crippen molar-refractivity contribution in [1.82, 2.24) is 0 Å². The molecule has 0 unspecified atom stereocenters. The number of nitro benzene ring substituents is 1. The summed E-state index contributed by atoms with van der Waals surface area (Å²) in [5, 5.41) is 22.9. The van der Waals surface area contributed by atoms with Gasteiger partial charge in [0.05, 0.1) is 16.6 Å². The van der Waals surface area contributed by atoms with Crippen LogP contribution in [0.25, 0.3) is 0 Å². The molecule has 6 heteroatoms. The van der Waals surface area contributed by atoms with Crippen molar-refractivity contribution in [3.63, 3.8) is 0 Å². The lowest BCUT2D eigenvalue weighted by molar-refractivity contribution is -0.385. The van der Waals surface area contributed by atoms with Crippen LogP contribution in [0.2, 0.25) is 0 Å². The topological polar surface area (TPSA) is 79.0 Å². The Morgan fingerprint density at radius 3 is 2.75 bits per heavy atom. The normalized spacial score (nSPS) is 9.80. The van der Waals surface area contributed by atoms with E-state index in [0.717, 1.165) is 10.2 Å². The number of hydrogen-bond acceptors (Lipinski definition) is 4. The molecule has 100 valence electrons. The fourth-order valence-corrected chi connectivity index (χ4v) is 2.29. The third-order valence-electron chi connectivity index (χ3n) is 2.70.